The average molecular weight is 348 g/mol. The van der Waals surface area contributed by atoms with Gasteiger partial charge in [0.15, 0.2) is 0 Å². The van der Waals surface area contributed by atoms with E-state index < -0.39 is 5.41 Å². The summed E-state index contributed by atoms with van der Waals surface area (Å²) >= 11 is 0. The maximum absolute atomic E-state index is 12.5. The largest absolute Gasteiger partial charge is 0.469 e. The van der Waals surface area contributed by atoms with E-state index in [-0.39, 0.29) is 34.9 Å². The van der Waals surface area contributed by atoms with Gasteiger partial charge in [-0.2, -0.15) is 0 Å². The van der Waals surface area contributed by atoms with Gasteiger partial charge in [0.1, 0.15) is 12.1 Å². The number of allylic oxidation sites excluding steroid dienone is 2. The first-order valence-electron chi connectivity index (χ1n) is 9.47. The summed E-state index contributed by atoms with van der Waals surface area (Å²) < 4.78 is 5.12. The van der Waals surface area contributed by atoms with Crippen molar-refractivity contribution >= 4 is 18.0 Å². The quantitative estimate of drug-likeness (QED) is 0.535. The van der Waals surface area contributed by atoms with Gasteiger partial charge in [0.2, 0.25) is 0 Å². The molecule has 2 aliphatic carbocycles. The molecular formula is C21H32O4. The first-order chi connectivity index (χ1) is 11.7. The van der Waals surface area contributed by atoms with Crippen molar-refractivity contribution in [2.75, 3.05) is 7.11 Å². The van der Waals surface area contributed by atoms with Gasteiger partial charge >= 0.3 is 5.97 Å². The Labute approximate surface area is 151 Å². The third-order valence-electron chi connectivity index (χ3n) is 6.88. The van der Waals surface area contributed by atoms with Crippen molar-refractivity contribution < 1.29 is 19.1 Å². The molecule has 2 unspecified atom stereocenters. The third kappa shape index (κ3) is 3.45. The van der Waals surface area contributed by atoms with Crippen LogP contribution in [0.5, 0.6) is 0 Å². The van der Waals surface area contributed by atoms with Crippen molar-refractivity contribution in [1.82, 2.24) is 0 Å². The second-order valence-corrected chi connectivity index (χ2v) is 8.59. The molecule has 0 spiro atoms. The van der Waals surface area contributed by atoms with Gasteiger partial charge in [0, 0.05) is 12.3 Å². The monoisotopic (exact) mass is 348 g/mol. The Kier molecular flexibility index (Phi) is 5.90. The number of ketones is 1. The van der Waals surface area contributed by atoms with Crippen molar-refractivity contribution in [3.8, 4) is 0 Å². The second kappa shape index (κ2) is 7.43. The summed E-state index contributed by atoms with van der Waals surface area (Å²) in [5, 5.41) is 0. The molecule has 0 N–H and O–H groups in total. The Morgan fingerprint density at radius 2 is 2.00 bits per heavy atom. The van der Waals surface area contributed by atoms with E-state index in [0.717, 1.165) is 37.5 Å². The van der Waals surface area contributed by atoms with Crippen LogP contribution in [0.1, 0.15) is 66.2 Å². The average Bonchev–Trinajstić information content (AvgIpc) is 2.58. The first-order valence-corrected chi connectivity index (χ1v) is 9.47. The molecule has 0 aliphatic heterocycles. The van der Waals surface area contributed by atoms with E-state index in [9.17, 15) is 14.4 Å². The van der Waals surface area contributed by atoms with Gasteiger partial charge in [0.25, 0.3) is 0 Å². The second-order valence-electron chi connectivity index (χ2n) is 8.59. The Morgan fingerprint density at radius 1 is 1.32 bits per heavy atom. The number of aldehydes is 1. The van der Waals surface area contributed by atoms with Gasteiger partial charge in [-0.05, 0) is 55.4 Å². The minimum atomic E-state index is -0.521. The Morgan fingerprint density at radius 3 is 2.56 bits per heavy atom. The fourth-order valence-electron chi connectivity index (χ4n) is 5.32. The Bertz CT molecular complexity index is 576. The molecular weight excluding hydrogens is 316 g/mol. The van der Waals surface area contributed by atoms with Crippen LogP contribution in [-0.4, -0.2) is 25.1 Å². The topological polar surface area (TPSA) is 60.4 Å². The molecule has 4 nitrogen and oxygen atoms in total. The maximum Gasteiger partial charge on any atom is 0.311 e. The predicted octanol–water partition coefficient (Wildman–Crippen LogP) is 4.12. The smallest absolute Gasteiger partial charge is 0.311 e. The summed E-state index contributed by atoms with van der Waals surface area (Å²) in [6, 6.07) is 0. The minimum Gasteiger partial charge on any atom is -0.469 e. The van der Waals surface area contributed by atoms with Crippen LogP contribution >= 0.6 is 0 Å². The van der Waals surface area contributed by atoms with Gasteiger partial charge in [-0.1, -0.05) is 33.3 Å². The number of methoxy groups -OCH3 is 1. The number of carbonyl (C=O) groups is 3. The van der Waals surface area contributed by atoms with Crippen LogP contribution < -0.4 is 0 Å². The fourth-order valence-corrected chi connectivity index (χ4v) is 5.32. The van der Waals surface area contributed by atoms with Crippen molar-refractivity contribution in [3.63, 3.8) is 0 Å². The molecule has 0 aromatic carbocycles. The highest BCUT2D eigenvalue weighted by molar-refractivity contribution is 5.81. The van der Waals surface area contributed by atoms with Crippen molar-refractivity contribution in [1.29, 1.82) is 0 Å². The van der Waals surface area contributed by atoms with Crippen LogP contribution in [0.25, 0.3) is 0 Å². The molecule has 0 aromatic heterocycles. The van der Waals surface area contributed by atoms with Gasteiger partial charge in [-0.3, -0.25) is 14.4 Å². The molecule has 4 heteroatoms. The highest BCUT2D eigenvalue weighted by Crippen LogP contribution is 2.60. The summed E-state index contributed by atoms with van der Waals surface area (Å²) in [6.45, 7) is 8.05. The SMILES string of the molecule is COC(=O)[C@]1(C)CCC[C@]2(C)C(CCC(=O)C(C)C)C(C=O)=CCC21. The minimum absolute atomic E-state index is 0.0162. The molecule has 4 atom stereocenters. The molecule has 0 heterocycles. The number of esters is 1. The lowest BCUT2D eigenvalue weighted by atomic mass is 9.47. The van der Waals surface area contributed by atoms with E-state index in [2.05, 4.69) is 6.92 Å². The molecule has 1 fully saturated rings. The highest BCUT2D eigenvalue weighted by atomic mass is 16.5. The summed E-state index contributed by atoms with van der Waals surface area (Å²) in [4.78, 5) is 36.3. The van der Waals surface area contributed by atoms with Gasteiger partial charge in [-0.25, -0.2) is 0 Å². The molecule has 0 aromatic rings. The standard InChI is InChI=1S/C21H32O4/c1-14(2)17(23)9-8-16-15(13-22)7-10-18-20(16,3)11-6-12-21(18,4)19(24)25-5/h7,13-14,16,18H,6,8-12H2,1-5H3/t16?,18?,20-,21-/m1/s1. The number of hydrogen-bond acceptors (Lipinski definition) is 4. The normalized spacial score (nSPS) is 34.9. The molecule has 0 amide bonds. The summed E-state index contributed by atoms with van der Waals surface area (Å²) in [7, 11) is 1.45. The van der Waals surface area contributed by atoms with Crippen LogP contribution in [0.15, 0.2) is 11.6 Å². The van der Waals surface area contributed by atoms with Gasteiger partial charge < -0.3 is 4.74 Å². The lowest BCUT2D eigenvalue weighted by Gasteiger charge is -2.56. The molecule has 2 aliphatic rings. The number of Topliss-reactive ketones (excluding diaryl/α,β-unsaturated/α-hetero) is 1. The maximum atomic E-state index is 12.5. The molecule has 1 saturated carbocycles. The van der Waals surface area contributed by atoms with E-state index in [1.165, 1.54) is 7.11 Å². The summed E-state index contributed by atoms with van der Waals surface area (Å²) in [6.07, 6.45) is 7.60. The van der Waals surface area contributed by atoms with Crippen LogP contribution in [0.3, 0.4) is 0 Å². The molecule has 2 rings (SSSR count). The zero-order chi connectivity index (χ0) is 18.8. The zero-order valence-corrected chi connectivity index (χ0v) is 16.3. The van der Waals surface area contributed by atoms with E-state index in [4.69, 9.17) is 4.74 Å². The molecule has 0 radical (unpaired) electrons. The number of carbonyl (C=O) groups excluding carboxylic acids is 3. The molecule has 140 valence electrons. The third-order valence-corrected chi connectivity index (χ3v) is 6.88. The van der Waals surface area contributed by atoms with Crippen LogP contribution in [0.2, 0.25) is 0 Å². The van der Waals surface area contributed by atoms with E-state index >= 15 is 0 Å². The predicted molar refractivity (Wildman–Crippen MR) is 96.9 cm³/mol. The Balaban J connectivity index is 2.36. The molecule has 25 heavy (non-hydrogen) atoms. The van der Waals surface area contributed by atoms with Gasteiger partial charge in [-0.15, -0.1) is 0 Å². The van der Waals surface area contributed by atoms with Crippen LogP contribution in [-0.2, 0) is 19.1 Å². The highest BCUT2D eigenvalue weighted by Gasteiger charge is 2.57. The lowest BCUT2D eigenvalue weighted by molar-refractivity contribution is -0.166. The van der Waals surface area contributed by atoms with Crippen molar-refractivity contribution in [2.24, 2.45) is 28.6 Å². The van der Waals surface area contributed by atoms with Gasteiger partial charge in [0.05, 0.1) is 12.5 Å². The zero-order valence-electron chi connectivity index (χ0n) is 16.3. The van der Waals surface area contributed by atoms with E-state index in [0.29, 0.717) is 12.8 Å². The van der Waals surface area contributed by atoms with E-state index in [1.807, 2.05) is 26.8 Å². The fraction of sp³-hybridized carbons (Fsp3) is 0.762. The number of rotatable bonds is 6. The van der Waals surface area contributed by atoms with E-state index in [1.54, 1.807) is 0 Å². The number of hydrogen-bond donors (Lipinski definition) is 0. The molecule has 0 bridgehead atoms. The molecule has 0 saturated heterocycles. The van der Waals surface area contributed by atoms with Crippen LogP contribution in [0, 0.1) is 28.6 Å². The number of fused-ring (bicyclic) bond motifs is 1. The summed E-state index contributed by atoms with van der Waals surface area (Å²) in [5.74, 6) is 0.285. The first kappa shape index (κ1) is 19.9. The lowest BCUT2D eigenvalue weighted by Crippen LogP contribution is -2.53. The Hall–Kier alpha value is -1.45. The van der Waals surface area contributed by atoms with Crippen LogP contribution in [0.4, 0.5) is 0 Å². The number of ether oxygens (including phenoxy) is 1. The summed E-state index contributed by atoms with van der Waals surface area (Å²) in [5.41, 5.74) is 0.139. The van der Waals surface area contributed by atoms with Crippen molar-refractivity contribution in [2.45, 2.75) is 66.2 Å². The van der Waals surface area contributed by atoms with Crippen molar-refractivity contribution in [3.05, 3.63) is 11.6 Å².